The number of amides is 1. The van der Waals surface area contributed by atoms with Crippen molar-refractivity contribution in [1.29, 1.82) is 0 Å². The number of aromatic nitrogens is 2. The lowest BCUT2D eigenvalue weighted by molar-refractivity contribution is 0.0941. The summed E-state index contributed by atoms with van der Waals surface area (Å²) < 4.78 is 12.9. The third-order valence-electron chi connectivity index (χ3n) is 2.75. The number of nitrogens with zero attached hydrogens (tertiary/aromatic N) is 2. The second kappa shape index (κ2) is 5.77. The average molecular weight is 273 g/mol. The molecule has 1 heterocycles. The third kappa shape index (κ3) is 3.17. The van der Waals surface area contributed by atoms with Gasteiger partial charge in [0.25, 0.3) is 5.91 Å². The fourth-order valence-corrected chi connectivity index (χ4v) is 1.77. The number of carbonyl (C=O) groups excluding carboxylic acids is 1. The second-order valence-corrected chi connectivity index (χ2v) is 4.83. The summed E-state index contributed by atoms with van der Waals surface area (Å²) in [5, 5.41) is 2.80. The van der Waals surface area contributed by atoms with Gasteiger partial charge < -0.3 is 5.32 Å². The first-order chi connectivity index (χ1) is 9.47. The Balaban J connectivity index is 2.30. The zero-order valence-electron chi connectivity index (χ0n) is 11.6. The molecular formula is C15H16FN3O. The molecule has 2 rings (SSSR count). The molecule has 0 radical (unpaired) electrons. The number of hydrogen-bond donors (Lipinski definition) is 1. The fraction of sp³-hybridized carbons (Fsp3) is 0.267. The Labute approximate surface area is 117 Å². The van der Waals surface area contributed by atoms with Crippen molar-refractivity contribution in [2.24, 2.45) is 0 Å². The van der Waals surface area contributed by atoms with Crippen molar-refractivity contribution >= 4 is 5.91 Å². The standard InChI is InChI=1S/C15H16FN3O/c1-9(2)18-15(20)13-8-17-14(19-10(13)3)11-4-6-12(16)7-5-11/h4-9H,1-3H3,(H,18,20). The highest BCUT2D eigenvalue weighted by molar-refractivity contribution is 5.95. The molecule has 104 valence electrons. The summed E-state index contributed by atoms with van der Waals surface area (Å²) in [6, 6.07) is 5.98. The molecule has 0 atom stereocenters. The van der Waals surface area contributed by atoms with Crippen LogP contribution in [-0.4, -0.2) is 21.9 Å². The zero-order valence-corrected chi connectivity index (χ0v) is 11.6. The summed E-state index contributed by atoms with van der Waals surface area (Å²) in [4.78, 5) is 20.4. The van der Waals surface area contributed by atoms with E-state index in [9.17, 15) is 9.18 Å². The molecule has 0 saturated carbocycles. The van der Waals surface area contributed by atoms with Crippen molar-refractivity contribution in [1.82, 2.24) is 15.3 Å². The van der Waals surface area contributed by atoms with Crippen LogP contribution in [0.2, 0.25) is 0 Å². The lowest BCUT2D eigenvalue weighted by Crippen LogP contribution is -2.31. The molecular weight excluding hydrogens is 257 g/mol. The van der Waals surface area contributed by atoms with Crippen LogP contribution in [-0.2, 0) is 0 Å². The molecule has 5 heteroatoms. The molecule has 1 aromatic heterocycles. The van der Waals surface area contributed by atoms with Gasteiger partial charge in [0, 0.05) is 17.8 Å². The van der Waals surface area contributed by atoms with E-state index in [0.29, 0.717) is 22.6 Å². The number of carbonyl (C=O) groups is 1. The predicted octanol–water partition coefficient (Wildman–Crippen LogP) is 2.73. The number of aryl methyl sites for hydroxylation is 1. The van der Waals surface area contributed by atoms with Crippen LogP contribution in [0.4, 0.5) is 4.39 Å². The summed E-state index contributed by atoms with van der Waals surface area (Å²) in [5.41, 5.74) is 1.76. The summed E-state index contributed by atoms with van der Waals surface area (Å²) in [5.74, 6) is -0.0230. The molecule has 20 heavy (non-hydrogen) atoms. The van der Waals surface area contributed by atoms with Crippen LogP contribution in [0.1, 0.15) is 29.9 Å². The van der Waals surface area contributed by atoms with Crippen molar-refractivity contribution < 1.29 is 9.18 Å². The highest BCUT2D eigenvalue weighted by Gasteiger charge is 2.13. The van der Waals surface area contributed by atoms with Crippen LogP contribution in [0.15, 0.2) is 30.5 Å². The van der Waals surface area contributed by atoms with Crippen LogP contribution < -0.4 is 5.32 Å². The van der Waals surface area contributed by atoms with Gasteiger partial charge in [-0.3, -0.25) is 4.79 Å². The number of benzene rings is 1. The lowest BCUT2D eigenvalue weighted by atomic mass is 10.1. The Morgan fingerprint density at radius 1 is 1.25 bits per heavy atom. The highest BCUT2D eigenvalue weighted by atomic mass is 19.1. The maximum atomic E-state index is 12.9. The van der Waals surface area contributed by atoms with Crippen molar-refractivity contribution in [3.8, 4) is 11.4 Å². The van der Waals surface area contributed by atoms with Crippen molar-refractivity contribution in [3.63, 3.8) is 0 Å². The van der Waals surface area contributed by atoms with E-state index < -0.39 is 0 Å². The van der Waals surface area contributed by atoms with Crippen LogP contribution >= 0.6 is 0 Å². The quantitative estimate of drug-likeness (QED) is 0.935. The van der Waals surface area contributed by atoms with Gasteiger partial charge >= 0.3 is 0 Å². The third-order valence-corrected chi connectivity index (χ3v) is 2.75. The van der Waals surface area contributed by atoms with E-state index >= 15 is 0 Å². The Morgan fingerprint density at radius 2 is 1.90 bits per heavy atom. The van der Waals surface area contributed by atoms with Crippen molar-refractivity contribution in [2.45, 2.75) is 26.8 Å². The molecule has 0 aliphatic heterocycles. The van der Waals surface area contributed by atoms with Gasteiger partial charge in [0.1, 0.15) is 5.82 Å². The fourth-order valence-electron chi connectivity index (χ4n) is 1.77. The molecule has 0 bridgehead atoms. The summed E-state index contributed by atoms with van der Waals surface area (Å²) in [6.45, 7) is 5.53. The molecule has 0 aliphatic rings. The van der Waals surface area contributed by atoms with E-state index in [0.717, 1.165) is 0 Å². The monoisotopic (exact) mass is 273 g/mol. The van der Waals surface area contributed by atoms with E-state index in [-0.39, 0.29) is 17.8 Å². The van der Waals surface area contributed by atoms with Gasteiger partial charge in [-0.2, -0.15) is 0 Å². The number of hydrogen-bond acceptors (Lipinski definition) is 3. The molecule has 4 nitrogen and oxygen atoms in total. The Bertz CT molecular complexity index is 624. The first-order valence-corrected chi connectivity index (χ1v) is 6.38. The number of halogens is 1. The zero-order chi connectivity index (χ0) is 14.7. The second-order valence-electron chi connectivity index (χ2n) is 4.83. The largest absolute Gasteiger partial charge is 0.350 e. The van der Waals surface area contributed by atoms with Crippen LogP contribution in [0.25, 0.3) is 11.4 Å². The van der Waals surface area contributed by atoms with Crippen LogP contribution in [0.3, 0.4) is 0 Å². The average Bonchev–Trinajstić information content (AvgIpc) is 2.38. The minimum absolute atomic E-state index is 0.0543. The molecule has 1 N–H and O–H groups in total. The van der Waals surface area contributed by atoms with E-state index in [1.165, 1.54) is 18.3 Å². The minimum Gasteiger partial charge on any atom is -0.350 e. The van der Waals surface area contributed by atoms with Gasteiger partial charge in [-0.25, -0.2) is 14.4 Å². The summed E-state index contributed by atoms with van der Waals surface area (Å²) in [6.07, 6.45) is 1.50. The van der Waals surface area contributed by atoms with Gasteiger partial charge in [-0.1, -0.05) is 0 Å². The van der Waals surface area contributed by atoms with Gasteiger partial charge in [0.2, 0.25) is 0 Å². The van der Waals surface area contributed by atoms with Gasteiger partial charge in [-0.15, -0.1) is 0 Å². The summed E-state index contributed by atoms with van der Waals surface area (Å²) >= 11 is 0. The van der Waals surface area contributed by atoms with Gasteiger partial charge in [-0.05, 0) is 45.0 Å². The van der Waals surface area contributed by atoms with E-state index in [4.69, 9.17) is 0 Å². The highest BCUT2D eigenvalue weighted by Crippen LogP contribution is 2.16. The minimum atomic E-state index is -0.307. The van der Waals surface area contributed by atoms with Crippen LogP contribution in [0.5, 0.6) is 0 Å². The van der Waals surface area contributed by atoms with E-state index in [1.807, 2.05) is 13.8 Å². The first-order valence-electron chi connectivity index (χ1n) is 6.38. The maximum Gasteiger partial charge on any atom is 0.254 e. The van der Waals surface area contributed by atoms with Crippen molar-refractivity contribution in [3.05, 3.63) is 47.5 Å². The molecule has 0 aliphatic carbocycles. The van der Waals surface area contributed by atoms with Gasteiger partial charge in [0.15, 0.2) is 5.82 Å². The SMILES string of the molecule is Cc1nc(-c2ccc(F)cc2)ncc1C(=O)NC(C)C. The molecule has 0 fully saturated rings. The van der Waals surface area contributed by atoms with Gasteiger partial charge in [0.05, 0.1) is 11.3 Å². The molecule has 2 aromatic rings. The predicted molar refractivity (Wildman–Crippen MR) is 74.8 cm³/mol. The Morgan fingerprint density at radius 3 is 2.45 bits per heavy atom. The molecule has 1 amide bonds. The normalized spacial score (nSPS) is 10.7. The van der Waals surface area contributed by atoms with Crippen molar-refractivity contribution in [2.75, 3.05) is 0 Å². The maximum absolute atomic E-state index is 12.9. The smallest absolute Gasteiger partial charge is 0.254 e. The Hall–Kier alpha value is -2.30. The topological polar surface area (TPSA) is 54.9 Å². The Kier molecular flexibility index (Phi) is 4.08. The molecule has 0 saturated heterocycles. The number of nitrogens with one attached hydrogen (secondary N) is 1. The summed E-state index contributed by atoms with van der Waals surface area (Å²) in [7, 11) is 0. The molecule has 0 spiro atoms. The first kappa shape index (κ1) is 14.1. The number of rotatable bonds is 3. The lowest BCUT2D eigenvalue weighted by Gasteiger charge is -2.10. The van der Waals surface area contributed by atoms with E-state index in [1.54, 1.807) is 19.1 Å². The van der Waals surface area contributed by atoms with Crippen LogP contribution in [0, 0.1) is 12.7 Å². The van der Waals surface area contributed by atoms with E-state index in [2.05, 4.69) is 15.3 Å². The molecule has 0 unspecified atom stereocenters. The molecule has 1 aromatic carbocycles.